The number of nitrogens with one attached hydrogen (secondary N) is 1. The summed E-state index contributed by atoms with van der Waals surface area (Å²) in [7, 11) is 0. The molecule has 1 aromatic rings. The molecule has 1 aliphatic rings. The molecule has 0 aromatic carbocycles. The number of rotatable bonds is 4. The predicted molar refractivity (Wildman–Crippen MR) is 73.1 cm³/mol. The van der Waals surface area contributed by atoms with Crippen LogP contribution in [0.4, 0.5) is 0 Å². The van der Waals surface area contributed by atoms with Crippen LogP contribution in [0.3, 0.4) is 0 Å². The van der Waals surface area contributed by atoms with Gasteiger partial charge in [-0.2, -0.15) is 0 Å². The molecule has 0 saturated carbocycles. The van der Waals surface area contributed by atoms with E-state index in [1.54, 1.807) is 0 Å². The van der Waals surface area contributed by atoms with Crippen LogP contribution in [-0.2, 0) is 0 Å². The van der Waals surface area contributed by atoms with Gasteiger partial charge in [0.05, 0.1) is 6.04 Å². The van der Waals surface area contributed by atoms with Crippen molar-refractivity contribution in [1.29, 1.82) is 0 Å². The zero-order chi connectivity index (χ0) is 12.3. The second-order valence-corrected chi connectivity index (χ2v) is 5.52. The number of nitrogens with zero attached hydrogens (tertiary/aromatic N) is 1. The minimum atomic E-state index is 0.291. The Morgan fingerprint density at radius 3 is 2.71 bits per heavy atom. The molecule has 1 N–H and O–H groups in total. The Morgan fingerprint density at radius 2 is 2.18 bits per heavy atom. The van der Waals surface area contributed by atoms with Gasteiger partial charge in [-0.05, 0) is 67.5 Å². The van der Waals surface area contributed by atoms with Gasteiger partial charge in [-0.3, -0.25) is 0 Å². The van der Waals surface area contributed by atoms with E-state index in [1.165, 1.54) is 32.5 Å². The topological polar surface area (TPSA) is 28.4 Å². The normalized spacial score (nSPS) is 20.6. The summed E-state index contributed by atoms with van der Waals surface area (Å²) in [6.45, 7) is 7.99. The first-order valence-electron chi connectivity index (χ1n) is 6.42. The lowest BCUT2D eigenvalue weighted by Crippen LogP contribution is -2.43. The van der Waals surface area contributed by atoms with Crippen molar-refractivity contribution < 1.29 is 4.42 Å². The summed E-state index contributed by atoms with van der Waals surface area (Å²) in [5, 5.41) is 3.65. The summed E-state index contributed by atoms with van der Waals surface area (Å²) >= 11 is 3.34. The molecule has 3 nitrogen and oxygen atoms in total. The highest BCUT2D eigenvalue weighted by atomic mass is 79.9. The molecule has 96 valence electrons. The first-order valence-corrected chi connectivity index (χ1v) is 7.22. The number of likely N-dealkylation sites (tertiary alicyclic amines) is 1. The Bertz CT molecular complexity index is 345. The van der Waals surface area contributed by atoms with Crippen LogP contribution in [0.25, 0.3) is 0 Å². The van der Waals surface area contributed by atoms with Gasteiger partial charge in [-0.15, -0.1) is 0 Å². The smallest absolute Gasteiger partial charge is 0.169 e. The maximum absolute atomic E-state index is 5.57. The summed E-state index contributed by atoms with van der Waals surface area (Å²) in [5.74, 6) is 1.01. The van der Waals surface area contributed by atoms with E-state index in [0.717, 1.165) is 10.4 Å². The van der Waals surface area contributed by atoms with Gasteiger partial charge in [0.2, 0.25) is 0 Å². The van der Waals surface area contributed by atoms with Crippen LogP contribution in [0.2, 0.25) is 0 Å². The van der Waals surface area contributed by atoms with Gasteiger partial charge in [0, 0.05) is 6.04 Å². The number of halogens is 1. The second-order valence-electron chi connectivity index (χ2n) is 4.74. The maximum atomic E-state index is 5.57. The summed E-state index contributed by atoms with van der Waals surface area (Å²) < 4.78 is 6.38. The SMILES string of the molecule is CCN1CCC(NC(C)c2ccc(Br)o2)CC1. The molecule has 1 aliphatic heterocycles. The van der Waals surface area contributed by atoms with Gasteiger partial charge in [0.1, 0.15) is 5.76 Å². The molecule has 0 radical (unpaired) electrons. The van der Waals surface area contributed by atoms with E-state index in [-0.39, 0.29) is 0 Å². The Hall–Kier alpha value is -0.320. The third kappa shape index (κ3) is 3.57. The van der Waals surface area contributed by atoms with Gasteiger partial charge < -0.3 is 14.6 Å². The van der Waals surface area contributed by atoms with E-state index in [9.17, 15) is 0 Å². The van der Waals surface area contributed by atoms with Crippen molar-refractivity contribution in [3.63, 3.8) is 0 Å². The monoisotopic (exact) mass is 300 g/mol. The molecule has 1 aromatic heterocycles. The van der Waals surface area contributed by atoms with Crippen LogP contribution < -0.4 is 5.32 Å². The summed E-state index contributed by atoms with van der Waals surface area (Å²) in [6.07, 6.45) is 2.47. The van der Waals surface area contributed by atoms with Crippen LogP contribution >= 0.6 is 15.9 Å². The molecule has 2 rings (SSSR count). The summed E-state index contributed by atoms with van der Waals surface area (Å²) in [6, 6.07) is 4.90. The highest BCUT2D eigenvalue weighted by Crippen LogP contribution is 2.22. The van der Waals surface area contributed by atoms with Gasteiger partial charge in [-0.1, -0.05) is 6.92 Å². The van der Waals surface area contributed by atoms with Crippen molar-refractivity contribution in [2.45, 2.75) is 38.8 Å². The van der Waals surface area contributed by atoms with Crippen molar-refractivity contribution >= 4 is 15.9 Å². The first-order chi connectivity index (χ1) is 8.19. The quantitative estimate of drug-likeness (QED) is 0.926. The Kier molecular flexibility index (Phi) is 4.65. The van der Waals surface area contributed by atoms with Crippen LogP contribution in [0, 0.1) is 0 Å². The van der Waals surface area contributed by atoms with E-state index in [2.05, 4.69) is 40.0 Å². The van der Waals surface area contributed by atoms with Gasteiger partial charge >= 0.3 is 0 Å². The molecule has 0 spiro atoms. The molecule has 1 saturated heterocycles. The highest BCUT2D eigenvalue weighted by Gasteiger charge is 2.20. The van der Waals surface area contributed by atoms with E-state index in [1.807, 2.05) is 12.1 Å². The lowest BCUT2D eigenvalue weighted by molar-refractivity contribution is 0.197. The van der Waals surface area contributed by atoms with Crippen LogP contribution in [0.5, 0.6) is 0 Å². The van der Waals surface area contributed by atoms with Crippen LogP contribution in [0.1, 0.15) is 38.5 Å². The fourth-order valence-corrected chi connectivity index (χ4v) is 2.73. The number of hydrogen-bond donors (Lipinski definition) is 1. The molecule has 0 aliphatic carbocycles. The number of hydrogen-bond acceptors (Lipinski definition) is 3. The molecular weight excluding hydrogens is 280 g/mol. The zero-order valence-corrected chi connectivity index (χ0v) is 12.2. The Labute approximate surface area is 112 Å². The predicted octanol–water partition coefficient (Wildman–Crippen LogP) is 3.18. The van der Waals surface area contributed by atoms with E-state index >= 15 is 0 Å². The van der Waals surface area contributed by atoms with E-state index in [4.69, 9.17) is 4.42 Å². The van der Waals surface area contributed by atoms with Gasteiger partial charge in [-0.25, -0.2) is 0 Å². The molecule has 1 unspecified atom stereocenters. The number of piperidine rings is 1. The molecule has 2 heterocycles. The minimum Gasteiger partial charge on any atom is -0.453 e. The highest BCUT2D eigenvalue weighted by molar-refractivity contribution is 9.10. The molecule has 0 amide bonds. The van der Waals surface area contributed by atoms with Crippen LogP contribution in [-0.4, -0.2) is 30.6 Å². The third-order valence-electron chi connectivity index (χ3n) is 3.54. The van der Waals surface area contributed by atoms with Crippen molar-refractivity contribution in [2.24, 2.45) is 0 Å². The van der Waals surface area contributed by atoms with E-state index in [0.29, 0.717) is 12.1 Å². The average Bonchev–Trinajstić information content (AvgIpc) is 2.77. The first kappa shape index (κ1) is 13.1. The van der Waals surface area contributed by atoms with Crippen LogP contribution in [0.15, 0.2) is 21.2 Å². The van der Waals surface area contributed by atoms with Crippen molar-refractivity contribution in [2.75, 3.05) is 19.6 Å². The fraction of sp³-hybridized carbons (Fsp3) is 0.692. The third-order valence-corrected chi connectivity index (χ3v) is 3.97. The minimum absolute atomic E-state index is 0.291. The molecule has 17 heavy (non-hydrogen) atoms. The maximum Gasteiger partial charge on any atom is 0.169 e. The molecule has 4 heteroatoms. The van der Waals surface area contributed by atoms with E-state index < -0.39 is 0 Å². The molecular formula is C13H21BrN2O. The summed E-state index contributed by atoms with van der Waals surface area (Å²) in [5.41, 5.74) is 0. The van der Waals surface area contributed by atoms with Crippen molar-refractivity contribution in [3.05, 3.63) is 22.6 Å². The number of furan rings is 1. The Morgan fingerprint density at radius 1 is 1.47 bits per heavy atom. The average molecular weight is 301 g/mol. The Balaban J connectivity index is 1.81. The molecule has 0 bridgehead atoms. The standard InChI is InChI=1S/C13H21BrN2O/c1-3-16-8-6-11(7-9-16)15-10(2)12-4-5-13(14)17-12/h4-5,10-11,15H,3,6-9H2,1-2H3. The second kappa shape index (κ2) is 6.03. The molecule has 1 atom stereocenters. The lowest BCUT2D eigenvalue weighted by atomic mass is 10.0. The fourth-order valence-electron chi connectivity index (χ4n) is 2.41. The summed E-state index contributed by atoms with van der Waals surface area (Å²) in [4.78, 5) is 2.51. The molecule has 1 fully saturated rings. The van der Waals surface area contributed by atoms with Crippen molar-refractivity contribution in [3.8, 4) is 0 Å². The largest absolute Gasteiger partial charge is 0.453 e. The lowest BCUT2D eigenvalue weighted by Gasteiger charge is -2.32. The van der Waals surface area contributed by atoms with Gasteiger partial charge in [0.25, 0.3) is 0 Å². The van der Waals surface area contributed by atoms with Crippen molar-refractivity contribution in [1.82, 2.24) is 10.2 Å². The van der Waals surface area contributed by atoms with Gasteiger partial charge in [0.15, 0.2) is 4.67 Å². The zero-order valence-electron chi connectivity index (χ0n) is 10.6.